The van der Waals surface area contributed by atoms with Crippen LogP contribution in [0.2, 0.25) is 0 Å². The van der Waals surface area contributed by atoms with E-state index in [-0.39, 0.29) is 24.7 Å². The number of hydrazone groups is 1. The fourth-order valence-corrected chi connectivity index (χ4v) is 2.63. The number of nitrogens with zero attached hydrogens (tertiary/aromatic N) is 1. The monoisotopic (exact) mass is 365 g/mol. The first kappa shape index (κ1) is 20.4. The van der Waals surface area contributed by atoms with Gasteiger partial charge in [-0.25, -0.2) is 5.43 Å². The molecule has 0 heterocycles. The van der Waals surface area contributed by atoms with Crippen molar-refractivity contribution < 1.29 is 9.59 Å². The number of hydrogen-bond acceptors (Lipinski definition) is 3. The third kappa shape index (κ3) is 6.70. The van der Waals surface area contributed by atoms with Gasteiger partial charge in [-0.2, -0.15) is 5.10 Å². The van der Waals surface area contributed by atoms with Gasteiger partial charge in [-0.1, -0.05) is 55.8 Å². The lowest BCUT2D eigenvalue weighted by molar-refractivity contribution is -0.124. The van der Waals surface area contributed by atoms with E-state index in [4.69, 9.17) is 0 Å². The lowest BCUT2D eigenvalue weighted by Gasteiger charge is -2.09. The lowest BCUT2D eigenvalue weighted by atomic mass is 10.1. The predicted octanol–water partition coefficient (Wildman–Crippen LogP) is 4.34. The summed E-state index contributed by atoms with van der Waals surface area (Å²) in [6, 6.07) is 15.7. The highest BCUT2D eigenvalue weighted by Gasteiger charge is 2.09. The Balaban J connectivity index is 1.87. The molecular formula is C22H27N3O2. The minimum absolute atomic E-state index is 0.0917. The van der Waals surface area contributed by atoms with Gasteiger partial charge in [0.15, 0.2) is 0 Å². The number of hydrogen-bond donors (Lipinski definition) is 2. The van der Waals surface area contributed by atoms with E-state index in [1.807, 2.05) is 62.4 Å². The molecule has 0 unspecified atom stereocenters. The molecule has 5 heteroatoms. The molecular weight excluding hydrogens is 338 g/mol. The first-order valence-electron chi connectivity index (χ1n) is 9.27. The van der Waals surface area contributed by atoms with Gasteiger partial charge >= 0.3 is 0 Å². The molecule has 142 valence electrons. The Morgan fingerprint density at radius 1 is 0.926 bits per heavy atom. The maximum absolute atomic E-state index is 12.1. The summed E-state index contributed by atoms with van der Waals surface area (Å²) in [7, 11) is 0. The van der Waals surface area contributed by atoms with Crippen LogP contribution >= 0.6 is 0 Å². The normalized spacial score (nSPS) is 11.1. The smallest absolute Gasteiger partial charge is 0.240 e. The summed E-state index contributed by atoms with van der Waals surface area (Å²) in [6.45, 7) is 5.98. The molecule has 5 nitrogen and oxygen atoms in total. The summed E-state index contributed by atoms with van der Waals surface area (Å²) in [4.78, 5) is 24.2. The zero-order valence-corrected chi connectivity index (χ0v) is 16.2. The second kappa shape index (κ2) is 10.3. The number of amides is 2. The lowest BCUT2D eigenvalue weighted by Crippen LogP contribution is -2.22. The molecule has 0 saturated carbocycles. The van der Waals surface area contributed by atoms with E-state index >= 15 is 0 Å². The first-order valence-corrected chi connectivity index (χ1v) is 9.27. The van der Waals surface area contributed by atoms with Crippen LogP contribution in [-0.4, -0.2) is 17.5 Å². The van der Waals surface area contributed by atoms with Crippen LogP contribution in [0.15, 0.2) is 53.6 Å². The average Bonchev–Trinajstić information content (AvgIpc) is 2.67. The Hall–Kier alpha value is -2.95. The Labute approximate surface area is 160 Å². The van der Waals surface area contributed by atoms with Crippen LogP contribution in [0, 0.1) is 13.8 Å². The van der Waals surface area contributed by atoms with E-state index < -0.39 is 0 Å². The largest absolute Gasteiger partial charge is 0.326 e. The Bertz CT molecular complexity index is 814. The molecule has 2 aromatic carbocycles. The van der Waals surface area contributed by atoms with E-state index in [0.717, 1.165) is 40.9 Å². The van der Waals surface area contributed by atoms with Gasteiger partial charge in [-0.3, -0.25) is 9.59 Å². The zero-order chi connectivity index (χ0) is 19.6. The van der Waals surface area contributed by atoms with Gasteiger partial charge in [-0.05, 0) is 43.0 Å². The topological polar surface area (TPSA) is 70.6 Å². The molecule has 0 saturated heterocycles. The van der Waals surface area contributed by atoms with Crippen LogP contribution in [0.3, 0.4) is 0 Å². The molecule has 0 bridgehead atoms. The number of benzene rings is 2. The standard InChI is InChI=1S/C22H27N3O2/c1-4-8-19(18-9-6-5-7-10-18)24-25-22(27)14-13-21(26)23-20-15-16(2)11-12-17(20)3/h5-7,9-12,15H,4,8,13-14H2,1-3H3,(H,23,26)(H,25,27)/b24-19+. The third-order valence-corrected chi connectivity index (χ3v) is 4.16. The van der Waals surface area contributed by atoms with Crippen molar-refractivity contribution in [2.24, 2.45) is 5.10 Å². The fourth-order valence-electron chi connectivity index (χ4n) is 2.63. The van der Waals surface area contributed by atoms with Crippen LogP contribution in [-0.2, 0) is 9.59 Å². The van der Waals surface area contributed by atoms with Gasteiger partial charge in [0.2, 0.25) is 11.8 Å². The molecule has 0 fully saturated rings. The number of carbonyl (C=O) groups excluding carboxylic acids is 2. The van der Waals surface area contributed by atoms with Crippen molar-refractivity contribution in [1.29, 1.82) is 0 Å². The number of carbonyl (C=O) groups is 2. The molecule has 2 N–H and O–H groups in total. The van der Waals surface area contributed by atoms with Gasteiger partial charge in [0.25, 0.3) is 0 Å². The highest BCUT2D eigenvalue weighted by molar-refractivity contribution is 6.01. The van der Waals surface area contributed by atoms with Crippen LogP contribution in [0.5, 0.6) is 0 Å². The molecule has 0 aliphatic heterocycles. The number of aryl methyl sites for hydroxylation is 2. The second-order valence-corrected chi connectivity index (χ2v) is 6.58. The molecule has 0 aromatic heterocycles. The molecule has 27 heavy (non-hydrogen) atoms. The SMILES string of the molecule is CCC/C(=N\NC(=O)CCC(=O)Nc1cc(C)ccc1C)c1ccccc1. The number of rotatable bonds is 8. The van der Waals surface area contributed by atoms with Crippen LogP contribution < -0.4 is 10.7 Å². The van der Waals surface area contributed by atoms with Gasteiger partial charge in [0.05, 0.1) is 5.71 Å². The van der Waals surface area contributed by atoms with Gasteiger partial charge in [-0.15, -0.1) is 0 Å². The number of nitrogens with one attached hydrogen (secondary N) is 2. The third-order valence-electron chi connectivity index (χ3n) is 4.16. The quantitative estimate of drug-likeness (QED) is 0.539. The van der Waals surface area contributed by atoms with E-state index in [9.17, 15) is 9.59 Å². The summed E-state index contributed by atoms with van der Waals surface area (Å²) in [6.07, 6.45) is 1.91. The van der Waals surface area contributed by atoms with Crippen molar-refractivity contribution in [3.63, 3.8) is 0 Å². The Kier molecular flexibility index (Phi) is 7.74. The van der Waals surface area contributed by atoms with E-state index in [2.05, 4.69) is 22.8 Å². The summed E-state index contributed by atoms with van der Waals surface area (Å²) in [5.41, 5.74) is 7.26. The summed E-state index contributed by atoms with van der Waals surface area (Å²) in [5, 5.41) is 7.12. The van der Waals surface area contributed by atoms with Gasteiger partial charge in [0, 0.05) is 18.5 Å². The molecule has 0 aliphatic rings. The van der Waals surface area contributed by atoms with Crippen LogP contribution in [0.25, 0.3) is 0 Å². The minimum Gasteiger partial charge on any atom is -0.326 e. The fraction of sp³-hybridized carbons (Fsp3) is 0.318. The molecule has 0 spiro atoms. The van der Waals surface area contributed by atoms with Crippen molar-refractivity contribution in [2.45, 2.75) is 46.5 Å². The number of anilines is 1. The predicted molar refractivity (Wildman–Crippen MR) is 110 cm³/mol. The summed E-state index contributed by atoms with van der Waals surface area (Å²) < 4.78 is 0. The molecule has 2 amide bonds. The minimum atomic E-state index is -0.268. The highest BCUT2D eigenvalue weighted by atomic mass is 16.2. The summed E-state index contributed by atoms with van der Waals surface area (Å²) in [5.74, 6) is -0.449. The molecule has 0 atom stereocenters. The van der Waals surface area contributed by atoms with Crippen molar-refractivity contribution in [3.05, 3.63) is 65.2 Å². The van der Waals surface area contributed by atoms with Gasteiger partial charge < -0.3 is 5.32 Å². The van der Waals surface area contributed by atoms with Crippen LogP contribution in [0.1, 0.15) is 49.3 Å². The zero-order valence-electron chi connectivity index (χ0n) is 16.2. The van der Waals surface area contributed by atoms with E-state index in [0.29, 0.717) is 0 Å². The van der Waals surface area contributed by atoms with Crippen molar-refractivity contribution in [3.8, 4) is 0 Å². The van der Waals surface area contributed by atoms with Gasteiger partial charge in [0.1, 0.15) is 0 Å². The highest BCUT2D eigenvalue weighted by Crippen LogP contribution is 2.16. The second-order valence-electron chi connectivity index (χ2n) is 6.58. The average molecular weight is 365 g/mol. The van der Waals surface area contributed by atoms with Crippen molar-refractivity contribution in [1.82, 2.24) is 5.43 Å². The first-order chi connectivity index (χ1) is 13.0. The molecule has 0 radical (unpaired) electrons. The Morgan fingerprint density at radius 3 is 2.33 bits per heavy atom. The maximum Gasteiger partial charge on any atom is 0.240 e. The maximum atomic E-state index is 12.1. The molecule has 0 aliphatic carbocycles. The molecule has 2 rings (SSSR count). The molecule has 2 aromatic rings. The van der Waals surface area contributed by atoms with E-state index in [1.54, 1.807) is 0 Å². The van der Waals surface area contributed by atoms with Crippen molar-refractivity contribution in [2.75, 3.05) is 5.32 Å². The van der Waals surface area contributed by atoms with Crippen LogP contribution in [0.4, 0.5) is 5.69 Å². The van der Waals surface area contributed by atoms with E-state index in [1.165, 1.54) is 0 Å². The Morgan fingerprint density at radius 2 is 1.63 bits per heavy atom. The van der Waals surface area contributed by atoms with Crippen molar-refractivity contribution >= 4 is 23.2 Å². The summed E-state index contributed by atoms with van der Waals surface area (Å²) >= 11 is 0.